The van der Waals surface area contributed by atoms with Gasteiger partial charge in [-0.05, 0) is 49.7 Å². The Kier molecular flexibility index (Phi) is 9.53. The molecule has 270 valence electrons. The second-order valence-corrected chi connectivity index (χ2v) is 14.0. The molecule has 1 saturated heterocycles. The zero-order valence-electron chi connectivity index (χ0n) is 29.1. The number of amides is 1. The van der Waals surface area contributed by atoms with E-state index in [2.05, 4.69) is 85.3 Å². The number of nitrogens with zero attached hydrogens (tertiary/aromatic N) is 9. The minimum atomic E-state index is -0.955. The van der Waals surface area contributed by atoms with Crippen LogP contribution in [0.1, 0.15) is 75.9 Å². The van der Waals surface area contributed by atoms with Gasteiger partial charge in [0, 0.05) is 50.4 Å². The van der Waals surface area contributed by atoms with Crippen molar-refractivity contribution in [3.63, 3.8) is 0 Å². The maximum atomic E-state index is 10.1. The fraction of sp³-hybridized carbons (Fsp3) is 0.571. The number of H-pyrrole nitrogens is 2. The van der Waals surface area contributed by atoms with Crippen molar-refractivity contribution in [1.82, 2.24) is 59.3 Å². The molecule has 6 aromatic heterocycles. The average molecular weight is 699 g/mol. The number of carboxylic acid groups (broad SMARTS) is 1. The molecule has 6 atom stereocenters. The van der Waals surface area contributed by atoms with Crippen LogP contribution in [-0.2, 0) is 9.47 Å². The third-order valence-electron chi connectivity index (χ3n) is 11.1. The smallest absolute Gasteiger partial charge is 0.404 e. The van der Waals surface area contributed by atoms with Crippen molar-refractivity contribution in [2.45, 2.75) is 76.4 Å². The van der Waals surface area contributed by atoms with Gasteiger partial charge in [0.15, 0.2) is 22.6 Å². The molecule has 3 fully saturated rings. The molecule has 6 aromatic rings. The summed E-state index contributed by atoms with van der Waals surface area (Å²) in [6.45, 7) is 9.15. The zero-order valence-corrected chi connectivity index (χ0v) is 29.1. The molecule has 2 saturated carbocycles. The van der Waals surface area contributed by atoms with E-state index < -0.39 is 6.09 Å². The van der Waals surface area contributed by atoms with Crippen molar-refractivity contribution >= 4 is 39.7 Å². The number of hydrogen-bond acceptors (Lipinski definition) is 10. The maximum absolute atomic E-state index is 10.1. The second kappa shape index (κ2) is 14.5. The molecule has 1 amide bonds. The van der Waals surface area contributed by atoms with Crippen LogP contribution in [0.5, 0.6) is 0 Å². The number of fused-ring (bicyclic) bond motifs is 6. The van der Waals surface area contributed by atoms with Gasteiger partial charge in [-0.15, -0.1) is 20.4 Å². The highest BCUT2D eigenvalue weighted by molar-refractivity contribution is 5.75. The summed E-state index contributed by atoms with van der Waals surface area (Å²) in [7, 11) is 0. The predicted molar refractivity (Wildman–Crippen MR) is 189 cm³/mol. The molecule has 0 bridgehead atoms. The third-order valence-corrected chi connectivity index (χ3v) is 11.1. The van der Waals surface area contributed by atoms with Crippen LogP contribution in [0.3, 0.4) is 0 Å². The minimum absolute atomic E-state index is 0.216. The monoisotopic (exact) mass is 698 g/mol. The van der Waals surface area contributed by atoms with Crippen LogP contribution in [-0.4, -0.2) is 117 Å². The third kappa shape index (κ3) is 6.63. The number of ether oxygens (including phenoxy) is 2. The first-order valence-corrected chi connectivity index (χ1v) is 18.3. The molecule has 0 radical (unpaired) electrons. The molecule has 16 nitrogen and oxygen atoms in total. The Labute approximate surface area is 294 Å². The molecule has 7 heterocycles. The summed E-state index contributed by atoms with van der Waals surface area (Å²) in [5.74, 6) is 3.71. The Bertz CT molecular complexity index is 1970. The summed E-state index contributed by atoms with van der Waals surface area (Å²) in [6, 6.07) is 4.11. The van der Waals surface area contributed by atoms with Crippen molar-refractivity contribution in [2.75, 3.05) is 39.4 Å². The fourth-order valence-corrected chi connectivity index (χ4v) is 8.60. The Morgan fingerprint density at radius 2 is 1.37 bits per heavy atom. The number of morpholine rings is 1. The lowest BCUT2D eigenvalue weighted by Crippen LogP contribution is -2.41. The van der Waals surface area contributed by atoms with Crippen molar-refractivity contribution in [3.05, 3.63) is 48.6 Å². The van der Waals surface area contributed by atoms with Crippen LogP contribution >= 0.6 is 0 Å². The molecule has 51 heavy (non-hydrogen) atoms. The van der Waals surface area contributed by atoms with E-state index in [9.17, 15) is 4.79 Å². The largest absolute Gasteiger partial charge is 0.465 e. The summed E-state index contributed by atoms with van der Waals surface area (Å²) in [5, 5.41) is 28.9. The number of rotatable bonds is 9. The van der Waals surface area contributed by atoms with Gasteiger partial charge in [0.25, 0.3) is 0 Å². The standard InChI is InChI=1S/C28H32N10O.C7H14N2O3/c1-3-15-9-17(11-19(15)27-35-33-23-13-31-25-21(37(23)27)5-7-29-25)39-18-10-16(4-2)20(12-18)28-36-34-24-14-32-26-22(38(24)28)6-8-30-26;10-7(11)8-1-2-9-3-5-12-6-4-9/h5-8,13-20,29-30H,3-4,9-12H2,1-2H3;8H,1-6H2,(H,10,11)/t15-,16-,17+,18+,19+,20+;/m1./s1. The minimum Gasteiger partial charge on any atom is -0.465 e. The molecule has 4 N–H and O–H groups in total. The average Bonchev–Trinajstić information content (AvgIpc) is 3.99. The molecule has 1 aliphatic heterocycles. The van der Waals surface area contributed by atoms with Crippen LogP contribution in [0.2, 0.25) is 0 Å². The molecular weight excluding hydrogens is 652 g/mol. The first-order valence-electron chi connectivity index (χ1n) is 18.3. The highest BCUT2D eigenvalue weighted by Crippen LogP contribution is 2.47. The Morgan fingerprint density at radius 3 is 1.86 bits per heavy atom. The van der Waals surface area contributed by atoms with Crippen LogP contribution < -0.4 is 5.32 Å². The highest BCUT2D eigenvalue weighted by atomic mass is 16.5. The highest BCUT2D eigenvalue weighted by Gasteiger charge is 2.42. The van der Waals surface area contributed by atoms with Gasteiger partial charge in [-0.2, -0.15) is 0 Å². The van der Waals surface area contributed by atoms with Crippen LogP contribution in [0, 0.1) is 11.8 Å². The van der Waals surface area contributed by atoms with E-state index in [-0.39, 0.29) is 12.2 Å². The van der Waals surface area contributed by atoms with Crippen molar-refractivity contribution in [3.8, 4) is 0 Å². The Morgan fingerprint density at radius 1 is 0.843 bits per heavy atom. The van der Waals surface area contributed by atoms with Gasteiger partial charge in [-0.25, -0.2) is 14.8 Å². The van der Waals surface area contributed by atoms with E-state index in [1.54, 1.807) is 12.4 Å². The summed E-state index contributed by atoms with van der Waals surface area (Å²) in [4.78, 5) is 27.7. The maximum Gasteiger partial charge on any atom is 0.404 e. The number of carbonyl (C=O) groups is 1. The van der Waals surface area contributed by atoms with Crippen LogP contribution in [0.4, 0.5) is 4.79 Å². The van der Waals surface area contributed by atoms with E-state index in [0.717, 1.165) is 117 Å². The van der Waals surface area contributed by atoms with Gasteiger partial charge in [0.2, 0.25) is 0 Å². The number of aromatic nitrogens is 10. The summed E-state index contributed by atoms with van der Waals surface area (Å²) in [6.07, 6.45) is 13.2. The SMILES string of the molecule is CC[C@@H]1C[C@H](O[C@H]2C[C@@H](CC)[C@@H](c3nnc4cnc5[nH]ccc5n34)C2)C[C@@H]1c1nnc2cnc3[nH]ccc3n12.O=C(O)NCCN1CCOCC1. The molecular formula is C35H46N12O4. The van der Waals surface area contributed by atoms with Crippen LogP contribution in [0.15, 0.2) is 36.9 Å². The molecule has 2 aliphatic carbocycles. The lowest BCUT2D eigenvalue weighted by molar-refractivity contribution is -0.00877. The van der Waals surface area contributed by atoms with E-state index in [4.69, 9.17) is 14.6 Å². The summed E-state index contributed by atoms with van der Waals surface area (Å²) < 4.78 is 16.4. The van der Waals surface area contributed by atoms with Gasteiger partial charge in [-0.1, -0.05) is 26.7 Å². The number of hydrogen-bond donors (Lipinski definition) is 4. The van der Waals surface area contributed by atoms with Gasteiger partial charge < -0.3 is 29.9 Å². The van der Waals surface area contributed by atoms with Crippen molar-refractivity contribution in [1.29, 1.82) is 0 Å². The molecule has 3 aliphatic rings. The normalized spacial score (nSPS) is 25.6. The lowest BCUT2D eigenvalue weighted by Gasteiger charge is -2.26. The molecule has 0 spiro atoms. The van der Waals surface area contributed by atoms with E-state index >= 15 is 0 Å². The van der Waals surface area contributed by atoms with Gasteiger partial charge >= 0.3 is 6.09 Å². The van der Waals surface area contributed by atoms with Gasteiger partial charge in [-0.3, -0.25) is 13.7 Å². The van der Waals surface area contributed by atoms with E-state index in [1.165, 1.54) is 0 Å². The first kappa shape index (κ1) is 33.5. The van der Waals surface area contributed by atoms with E-state index in [0.29, 0.717) is 30.2 Å². The molecule has 16 heteroatoms. The van der Waals surface area contributed by atoms with Crippen LogP contribution in [0.25, 0.3) is 33.6 Å². The van der Waals surface area contributed by atoms with Gasteiger partial charge in [0.1, 0.15) is 11.6 Å². The summed E-state index contributed by atoms with van der Waals surface area (Å²) >= 11 is 0. The number of aromatic amines is 2. The Hall–Kier alpha value is -4.67. The second-order valence-electron chi connectivity index (χ2n) is 14.0. The fourth-order valence-electron chi connectivity index (χ4n) is 8.60. The number of nitrogens with one attached hydrogen (secondary N) is 3. The molecule has 0 aromatic carbocycles. The Balaban J connectivity index is 0.000000267. The van der Waals surface area contributed by atoms with E-state index in [1.807, 2.05) is 12.4 Å². The van der Waals surface area contributed by atoms with Crippen molar-refractivity contribution < 1.29 is 19.4 Å². The molecule has 9 rings (SSSR count). The molecule has 0 unspecified atom stereocenters. The first-order chi connectivity index (χ1) is 25.0. The topological polar surface area (TPSA) is 189 Å². The lowest BCUT2D eigenvalue weighted by atomic mass is 9.93. The van der Waals surface area contributed by atoms with Gasteiger partial charge in [0.05, 0.1) is 48.8 Å². The summed E-state index contributed by atoms with van der Waals surface area (Å²) in [5.41, 5.74) is 5.38. The quantitative estimate of drug-likeness (QED) is 0.168. The predicted octanol–water partition coefficient (Wildman–Crippen LogP) is 4.37. The zero-order chi connectivity index (χ0) is 34.9. The van der Waals surface area contributed by atoms with Crippen molar-refractivity contribution in [2.24, 2.45) is 11.8 Å².